The average Bonchev–Trinajstić information content (AvgIpc) is 3.53. The van der Waals surface area contributed by atoms with Gasteiger partial charge in [0, 0.05) is 42.4 Å². The molecule has 0 aliphatic carbocycles. The molecule has 0 aromatic heterocycles. The SMILES string of the molecule is COc1cc(OC)c(P(c2ccccc2)[C@@H]2CN(C(=O)OC(C)(C)C)C[C@H]2C(c2ccccc2)c2c(OC)cc(C)cc2OC)c(OC)c1. The van der Waals surface area contributed by atoms with Crippen molar-refractivity contribution in [3.63, 3.8) is 0 Å². The topological polar surface area (TPSA) is 75.7 Å². The Morgan fingerprint density at radius 2 is 1.27 bits per heavy atom. The first-order chi connectivity index (χ1) is 23.5. The lowest BCUT2D eigenvalue weighted by Crippen LogP contribution is -2.36. The number of amides is 1. The van der Waals surface area contributed by atoms with Crippen molar-refractivity contribution in [2.24, 2.45) is 5.92 Å². The Balaban J connectivity index is 1.82. The number of likely N-dealkylation sites (tertiary alicyclic amines) is 1. The van der Waals surface area contributed by atoms with Crippen LogP contribution in [0.2, 0.25) is 0 Å². The van der Waals surface area contributed by atoms with Gasteiger partial charge in [0.05, 0.1) is 40.9 Å². The second kappa shape index (κ2) is 15.4. The van der Waals surface area contributed by atoms with Crippen molar-refractivity contribution in [2.45, 2.75) is 44.9 Å². The first-order valence-corrected chi connectivity index (χ1v) is 17.8. The van der Waals surface area contributed by atoms with E-state index in [0.717, 1.165) is 38.8 Å². The van der Waals surface area contributed by atoms with Gasteiger partial charge >= 0.3 is 6.09 Å². The summed E-state index contributed by atoms with van der Waals surface area (Å²) >= 11 is 0. The molecule has 260 valence electrons. The molecular formula is C40H48NO7P. The third-order valence-electron chi connectivity index (χ3n) is 8.87. The van der Waals surface area contributed by atoms with Crippen molar-refractivity contribution < 1.29 is 33.2 Å². The van der Waals surface area contributed by atoms with Crippen LogP contribution in [-0.2, 0) is 4.74 Å². The summed E-state index contributed by atoms with van der Waals surface area (Å²) in [7, 11) is 7.14. The van der Waals surface area contributed by atoms with E-state index in [1.807, 2.05) is 56.9 Å². The fourth-order valence-electron chi connectivity index (χ4n) is 6.85. The lowest BCUT2D eigenvalue weighted by Gasteiger charge is -2.36. The van der Waals surface area contributed by atoms with E-state index >= 15 is 0 Å². The molecule has 2 unspecified atom stereocenters. The van der Waals surface area contributed by atoms with Crippen LogP contribution in [0.3, 0.4) is 0 Å². The molecule has 0 bridgehead atoms. The summed E-state index contributed by atoms with van der Waals surface area (Å²) in [4.78, 5) is 15.8. The highest BCUT2D eigenvalue weighted by Gasteiger charge is 2.48. The van der Waals surface area contributed by atoms with Gasteiger partial charge in [0.25, 0.3) is 0 Å². The van der Waals surface area contributed by atoms with Crippen LogP contribution in [0.25, 0.3) is 0 Å². The summed E-state index contributed by atoms with van der Waals surface area (Å²) < 4.78 is 36.0. The Kier molecular flexibility index (Phi) is 11.3. The molecule has 0 N–H and O–H groups in total. The Labute approximate surface area is 292 Å². The zero-order chi connectivity index (χ0) is 35.3. The first-order valence-electron chi connectivity index (χ1n) is 16.4. The second-order valence-corrected chi connectivity index (χ2v) is 15.5. The van der Waals surface area contributed by atoms with Crippen molar-refractivity contribution in [3.05, 3.63) is 102 Å². The predicted molar refractivity (Wildman–Crippen MR) is 196 cm³/mol. The fraction of sp³-hybridized carbons (Fsp3) is 0.375. The quantitative estimate of drug-likeness (QED) is 0.151. The Bertz CT molecular complexity index is 1670. The number of carbonyl (C=O) groups is 1. The number of methoxy groups -OCH3 is 5. The highest BCUT2D eigenvalue weighted by atomic mass is 31.1. The molecule has 5 rings (SSSR count). The average molecular weight is 686 g/mol. The number of aryl methyl sites for hydroxylation is 1. The summed E-state index contributed by atoms with van der Waals surface area (Å²) in [6.45, 7) is 8.63. The van der Waals surface area contributed by atoms with Gasteiger partial charge in [0.2, 0.25) is 0 Å². The lowest BCUT2D eigenvalue weighted by atomic mass is 9.78. The van der Waals surface area contributed by atoms with E-state index in [9.17, 15) is 4.79 Å². The van der Waals surface area contributed by atoms with Crippen LogP contribution < -0.4 is 34.3 Å². The molecule has 8 nitrogen and oxygen atoms in total. The zero-order valence-electron chi connectivity index (χ0n) is 30.0. The van der Waals surface area contributed by atoms with Gasteiger partial charge in [-0.3, -0.25) is 0 Å². The van der Waals surface area contributed by atoms with Crippen LogP contribution in [0.1, 0.15) is 43.4 Å². The molecule has 1 aliphatic heterocycles. The number of benzene rings is 4. The van der Waals surface area contributed by atoms with Crippen molar-refractivity contribution in [3.8, 4) is 28.7 Å². The van der Waals surface area contributed by atoms with Gasteiger partial charge in [-0.25, -0.2) is 4.79 Å². The minimum absolute atomic E-state index is 0.0814. The van der Waals surface area contributed by atoms with Gasteiger partial charge in [-0.2, -0.15) is 0 Å². The van der Waals surface area contributed by atoms with Gasteiger partial charge in [-0.05, 0) is 70.1 Å². The van der Waals surface area contributed by atoms with E-state index in [2.05, 4.69) is 60.7 Å². The maximum atomic E-state index is 14.0. The molecule has 1 amide bonds. The van der Waals surface area contributed by atoms with E-state index in [1.165, 1.54) is 0 Å². The van der Waals surface area contributed by atoms with Crippen LogP contribution in [0.4, 0.5) is 4.79 Å². The van der Waals surface area contributed by atoms with Gasteiger partial charge in [-0.15, -0.1) is 0 Å². The molecule has 1 aliphatic rings. The molecule has 0 spiro atoms. The summed E-state index contributed by atoms with van der Waals surface area (Å²) in [6, 6.07) is 28.8. The van der Waals surface area contributed by atoms with E-state index < -0.39 is 13.5 Å². The fourth-order valence-corrected chi connectivity index (χ4v) is 10.1. The molecule has 4 aromatic carbocycles. The zero-order valence-corrected chi connectivity index (χ0v) is 30.9. The van der Waals surface area contributed by atoms with Crippen LogP contribution in [0.15, 0.2) is 84.9 Å². The molecule has 1 heterocycles. The Morgan fingerprint density at radius 3 is 1.76 bits per heavy atom. The molecule has 4 aromatic rings. The van der Waals surface area contributed by atoms with Crippen LogP contribution in [-0.4, -0.2) is 70.9 Å². The summed E-state index contributed by atoms with van der Waals surface area (Å²) in [6.07, 6.45) is -0.341. The number of nitrogens with zero attached hydrogens (tertiary/aromatic N) is 1. The molecule has 4 atom stereocenters. The minimum Gasteiger partial charge on any atom is -0.496 e. The maximum absolute atomic E-state index is 14.0. The number of hydrogen-bond acceptors (Lipinski definition) is 7. The molecule has 9 heteroatoms. The monoisotopic (exact) mass is 685 g/mol. The minimum atomic E-state index is -1.23. The van der Waals surface area contributed by atoms with E-state index in [4.69, 9.17) is 28.4 Å². The molecular weight excluding hydrogens is 637 g/mol. The van der Waals surface area contributed by atoms with Crippen LogP contribution in [0.5, 0.6) is 28.7 Å². The van der Waals surface area contributed by atoms with Crippen molar-refractivity contribution >= 4 is 24.6 Å². The van der Waals surface area contributed by atoms with Gasteiger partial charge in [-0.1, -0.05) is 60.7 Å². The number of hydrogen-bond donors (Lipinski definition) is 0. The molecule has 1 saturated heterocycles. The van der Waals surface area contributed by atoms with Gasteiger partial charge < -0.3 is 33.3 Å². The third kappa shape index (κ3) is 7.75. The summed E-state index contributed by atoms with van der Waals surface area (Å²) in [5.74, 6) is 3.13. The molecule has 49 heavy (non-hydrogen) atoms. The lowest BCUT2D eigenvalue weighted by molar-refractivity contribution is 0.0287. The number of carbonyl (C=O) groups excluding carboxylic acids is 1. The summed E-state index contributed by atoms with van der Waals surface area (Å²) in [5.41, 5.74) is 2.34. The highest BCUT2D eigenvalue weighted by molar-refractivity contribution is 7.74. The second-order valence-electron chi connectivity index (χ2n) is 13.2. The van der Waals surface area contributed by atoms with E-state index in [-0.39, 0.29) is 23.6 Å². The first kappa shape index (κ1) is 35.9. The van der Waals surface area contributed by atoms with Crippen molar-refractivity contribution in [1.29, 1.82) is 0 Å². The normalized spacial score (nSPS) is 17.2. The maximum Gasteiger partial charge on any atom is 0.410 e. The molecule has 1 fully saturated rings. The van der Waals surface area contributed by atoms with E-state index in [0.29, 0.717) is 30.3 Å². The van der Waals surface area contributed by atoms with Crippen LogP contribution in [0, 0.1) is 12.8 Å². The predicted octanol–water partition coefficient (Wildman–Crippen LogP) is 7.54. The van der Waals surface area contributed by atoms with Crippen molar-refractivity contribution in [1.82, 2.24) is 4.90 Å². The Morgan fingerprint density at radius 1 is 0.735 bits per heavy atom. The van der Waals surface area contributed by atoms with Gasteiger partial charge in [0.15, 0.2) is 0 Å². The van der Waals surface area contributed by atoms with Crippen LogP contribution >= 0.6 is 7.92 Å². The smallest absolute Gasteiger partial charge is 0.410 e. The molecule has 0 saturated carbocycles. The highest BCUT2D eigenvalue weighted by Crippen LogP contribution is 2.56. The Hall–Kier alpha value is -4.42. The van der Waals surface area contributed by atoms with Gasteiger partial charge in [0.1, 0.15) is 34.3 Å². The number of ether oxygens (including phenoxy) is 6. The largest absolute Gasteiger partial charge is 0.496 e. The van der Waals surface area contributed by atoms with E-state index in [1.54, 1.807) is 35.5 Å². The number of rotatable bonds is 11. The van der Waals surface area contributed by atoms with Crippen molar-refractivity contribution in [2.75, 3.05) is 48.6 Å². The standard InChI is InChI=1S/C40H48NO7P/c1-26-20-31(44-6)37(32(21-26)45-7)36(27-16-12-10-13-17-27)30-24-41(39(42)48-40(2,3)4)25-35(30)49(29-18-14-11-15-19-29)38-33(46-8)22-28(43-5)23-34(38)47-9/h10-23,30,35-36H,24-25H2,1-9H3/t30-,35-,36?,49?/m1/s1. The summed E-state index contributed by atoms with van der Waals surface area (Å²) in [5, 5.41) is 2.08. The molecule has 0 radical (unpaired) electrons. The third-order valence-corrected chi connectivity index (χ3v) is 11.9.